The summed E-state index contributed by atoms with van der Waals surface area (Å²) in [5.74, 6) is 0.108. The second kappa shape index (κ2) is 8.99. The van der Waals surface area contributed by atoms with Crippen molar-refractivity contribution in [2.24, 2.45) is 22.9 Å². The first-order valence-corrected chi connectivity index (χ1v) is 12.6. The van der Waals surface area contributed by atoms with E-state index in [1.165, 1.54) is 31.3 Å². The molecule has 0 aromatic rings. The molecule has 6 heteroatoms. The van der Waals surface area contributed by atoms with Gasteiger partial charge in [-0.25, -0.2) is 4.79 Å². The van der Waals surface area contributed by atoms with E-state index in [0.717, 1.165) is 37.0 Å². The van der Waals surface area contributed by atoms with Gasteiger partial charge in [0.25, 0.3) is 0 Å². The van der Waals surface area contributed by atoms with E-state index in [2.05, 4.69) is 17.2 Å². The van der Waals surface area contributed by atoms with Gasteiger partial charge in [0.05, 0.1) is 28.4 Å². The van der Waals surface area contributed by atoms with Gasteiger partial charge in [0, 0.05) is 17.1 Å². The standard InChI is InChI=1S/C27H30ClN3O2/c1-16-6-7-17-9-11-23-25(22(17)13-12-21(16)27(32)33)30-31(26(23)18-4-2-3-5-18)20-10-8-19(15-29)24(28)14-20/h7-8,12-14,16,18,20,23,26H,2-6,9-11H2,1H3,(H,32,33). The summed E-state index contributed by atoms with van der Waals surface area (Å²) in [6.07, 6.45) is 18.5. The van der Waals surface area contributed by atoms with Crippen LogP contribution in [-0.2, 0) is 4.79 Å². The average Bonchev–Trinajstić information content (AvgIpc) is 3.44. The highest BCUT2D eigenvalue weighted by Crippen LogP contribution is 2.47. The number of hydrogen-bond donors (Lipinski definition) is 1. The van der Waals surface area contributed by atoms with E-state index >= 15 is 0 Å². The number of aliphatic carboxylic acids is 1. The molecule has 1 aliphatic heterocycles. The Balaban J connectivity index is 1.55. The number of nitriles is 1. The molecule has 5 nitrogen and oxygen atoms in total. The largest absolute Gasteiger partial charge is 0.478 e. The van der Waals surface area contributed by atoms with E-state index in [4.69, 9.17) is 16.7 Å². The number of hydrogen-bond acceptors (Lipinski definition) is 4. The Kier molecular flexibility index (Phi) is 6.05. The number of carbonyl (C=O) groups is 1. The minimum absolute atomic E-state index is 0.00517. The molecule has 5 rings (SSSR count). The molecule has 0 saturated heterocycles. The SMILES string of the molecule is CC1CC=C2CCC3C(=NN(C4C=C(Cl)C(C#N)=CC4)C3C3CCCC3)C2=CC=C1C(=O)O. The molecule has 0 bridgehead atoms. The molecule has 0 spiro atoms. The fourth-order valence-electron chi connectivity index (χ4n) is 6.34. The first kappa shape index (κ1) is 22.2. The van der Waals surface area contributed by atoms with Crippen molar-refractivity contribution < 1.29 is 9.90 Å². The van der Waals surface area contributed by atoms with E-state index in [-0.39, 0.29) is 12.0 Å². The number of allylic oxidation sites excluding steroid dienone is 7. The second-order valence-corrected chi connectivity index (χ2v) is 10.4. The zero-order valence-corrected chi connectivity index (χ0v) is 19.8. The summed E-state index contributed by atoms with van der Waals surface area (Å²) < 4.78 is 0. The van der Waals surface area contributed by atoms with Crippen LogP contribution in [-0.4, -0.2) is 33.9 Å². The Hall–Kier alpha value is -2.58. The van der Waals surface area contributed by atoms with Crippen molar-refractivity contribution in [3.8, 4) is 6.07 Å². The van der Waals surface area contributed by atoms with Crippen LogP contribution in [0.2, 0.25) is 0 Å². The van der Waals surface area contributed by atoms with E-state index in [9.17, 15) is 15.2 Å². The Bertz CT molecular complexity index is 1080. The lowest BCUT2D eigenvalue weighted by Gasteiger charge is -2.38. The van der Waals surface area contributed by atoms with Crippen molar-refractivity contribution in [2.45, 2.75) is 70.4 Å². The summed E-state index contributed by atoms with van der Waals surface area (Å²) in [4.78, 5) is 11.8. The number of carboxylic acids is 1. The fourth-order valence-corrected chi connectivity index (χ4v) is 6.60. The Morgan fingerprint density at radius 3 is 2.70 bits per heavy atom. The molecule has 0 aromatic carbocycles. The number of halogens is 1. The van der Waals surface area contributed by atoms with Crippen molar-refractivity contribution in [3.05, 3.63) is 57.7 Å². The van der Waals surface area contributed by atoms with Crippen LogP contribution >= 0.6 is 11.6 Å². The number of nitrogens with zero attached hydrogens (tertiary/aromatic N) is 3. The van der Waals surface area contributed by atoms with E-state index < -0.39 is 5.97 Å². The van der Waals surface area contributed by atoms with Gasteiger partial charge in [0.15, 0.2) is 0 Å². The van der Waals surface area contributed by atoms with E-state index in [1.807, 2.05) is 25.2 Å². The summed E-state index contributed by atoms with van der Waals surface area (Å²) in [7, 11) is 0. The molecule has 172 valence electrons. The summed E-state index contributed by atoms with van der Waals surface area (Å²) in [6.45, 7) is 1.98. The predicted molar refractivity (Wildman–Crippen MR) is 129 cm³/mol. The molecule has 0 radical (unpaired) electrons. The van der Waals surface area contributed by atoms with E-state index in [1.54, 1.807) is 6.08 Å². The molecule has 2 fully saturated rings. The molecule has 4 unspecified atom stereocenters. The highest BCUT2D eigenvalue weighted by molar-refractivity contribution is 6.32. The maximum Gasteiger partial charge on any atom is 0.331 e. The molecule has 33 heavy (non-hydrogen) atoms. The molecular weight excluding hydrogens is 434 g/mol. The minimum atomic E-state index is -0.843. The van der Waals surface area contributed by atoms with E-state index in [0.29, 0.717) is 34.1 Å². The first-order valence-electron chi connectivity index (χ1n) is 12.2. The summed E-state index contributed by atoms with van der Waals surface area (Å²) in [5, 5.41) is 27.0. The monoisotopic (exact) mass is 463 g/mol. The molecular formula is C27H30ClN3O2. The lowest BCUT2D eigenvalue weighted by atomic mass is 9.72. The van der Waals surface area contributed by atoms with Gasteiger partial charge in [-0.05, 0) is 62.0 Å². The normalized spacial score (nSPS) is 32.1. The average molecular weight is 464 g/mol. The number of fused-ring (bicyclic) bond motifs is 3. The Labute approximate surface area is 200 Å². The first-order chi connectivity index (χ1) is 16.0. The molecule has 2 saturated carbocycles. The van der Waals surface area contributed by atoms with Gasteiger partial charge < -0.3 is 5.11 Å². The third kappa shape index (κ3) is 3.99. The molecule has 0 aromatic heterocycles. The van der Waals surface area contributed by atoms with Crippen molar-refractivity contribution in [2.75, 3.05) is 0 Å². The van der Waals surface area contributed by atoms with Gasteiger partial charge >= 0.3 is 5.97 Å². The predicted octanol–water partition coefficient (Wildman–Crippen LogP) is 5.88. The molecule has 5 aliphatic rings. The molecule has 4 aliphatic carbocycles. The Morgan fingerprint density at radius 2 is 2.00 bits per heavy atom. The number of rotatable bonds is 3. The van der Waals surface area contributed by atoms with Crippen LogP contribution in [0, 0.1) is 29.1 Å². The lowest BCUT2D eigenvalue weighted by Crippen LogP contribution is -2.44. The fraction of sp³-hybridized carbons (Fsp3) is 0.519. The third-order valence-electron chi connectivity index (χ3n) is 8.07. The molecule has 1 N–H and O–H groups in total. The maximum atomic E-state index is 11.8. The summed E-state index contributed by atoms with van der Waals surface area (Å²) in [6, 6.07) is 2.56. The van der Waals surface area contributed by atoms with Crippen molar-refractivity contribution in [1.82, 2.24) is 5.01 Å². The second-order valence-electron chi connectivity index (χ2n) is 9.97. The van der Waals surface area contributed by atoms with Gasteiger partial charge in [0.1, 0.15) is 6.07 Å². The summed E-state index contributed by atoms with van der Waals surface area (Å²) >= 11 is 6.44. The van der Waals surface area contributed by atoms with Crippen LogP contribution < -0.4 is 0 Å². The van der Waals surface area contributed by atoms with Gasteiger partial charge in [-0.15, -0.1) is 0 Å². The number of hydrazone groups is 1. The van der Waals surface area contributed by atoms with Crippen LogP contribution in [0.15, 0.2) is 62.8 Å². The van der Waals surface area contributed by atoms with Crippen molar-refractivity contribution in [1.29, 1.82) is 5.26 Å². The van der Waals surface area contributed by atoms with Crippen LogP contribution in [0.4, 0.5) is 0 Å². The smallest absolute Gasteiger partial charge is 0.331 e. The van der Waals surface area contributed by atoms with Crippen molar-refractivity contribution >= 4 is 23.3 Å². The number of carboxylic acid groups (broad SMARTS) is 1. The third-order valence-corrected chi connectivity index (χ3v) is 8.40. The molecule has 0 amide bonds. The zero-order valence-electron chi connectivity index (χ0n) is 19.0. The van der Waals surface area contributed by atoms with Crippen molar-refractivity contribution in [3.63, 3.8) is 0 Å². The van der Waals surface area contributed by atoms with Gasteiger partial charge in [0.2, 0.25) is 0 Å². The van der Waals surface area contributed by atoms with Gasteiger partial charge in [-0.3, -0.25) is 5.01 Å². The zero-order chi connectivity index (χ0) is 23.1. The van der Waals surface area contributed by atoms with Crippen LogP contribution in [0.1, 0.15) is 58.3 Å². The minimum Gasteiger partial charge on any atom is -0.478 e. The van der Waals surface area contributed by atoms with Crippen LogP contribution in [0.5, 0.6) is 0 Å². The highest BCUT2D eigenvalue weighted by atomic mass is 35.5. The van der Waals surface area contributed by atoms with Gasteiger partial charge in [-0.2, -0.15) is 10.4 Å². The quantitative estimate of drug-likeness (QED) is 0.567. The Morgan fingerprint density at radius 1 is 1.21 bits per heavy atom. The van der Waals surface area contributed by atoms with Crippen LogP contribution in [0.25, 0.3) is 0 Å². The molecule has 1 heterocycles. The topological polar surface area (TPSA) is 76.7 Å². The van der Waals surface area contributed by atoms with Gasteiger partial charge in [-0.1, -0.05) is 55.7 Å². The highest BCUT2D eigenvalue weighted by Gasteiger charge is 2.47. The maximum absolute atomic E-state index is 11.8. The lowest BCUT2D eigenvalue weighted by molar-refractivity contribution is -0.133. The summed E-state index contributed by atoms with van der Waals surface area (Å²) in [5.41, 5.74) is 4.52. The molecule has 4 atom stereocenters. The van der Waals surface area contributed by atoms with Crippen LogP contribution in [0.3, 0.4) is 0 Å².